The fourth-order valence-electron chi connectivity index (χ4n) is 2.98. The minimum atomic E-state index is -0.313. The van der Waals surface area contributed by atoms with Gasteiger partial charge in [-0.1, -0.05) is 0 Å². The van der Waals surface area contributed by atoms with Crippen molar-refractivity contribution in [3.05, 3.63) is 64.9 Å². The van der Waals surface area contributed by atoms with Gasteiger partial charge in [0.25, 0.3) is 5.91 Å². The molecule has 2 aromatic carbocycles. The molecule has 6 nitrogen and oxygen atoms in total. The second-order valence-electron chi connectivity index (χ2n) is 6.52. The second kappa shape index (κ2) is 8.40. The molecule has 3 aromatic rings. The number of aryl methyl sites for hydroxylation is 1. The maximum Gasteiger partial charge on any atom is 0.270 e. The molecule has 0 saturated heterocycles. The van der Waals surface area contributed by atoms with Crippen molar-refractivity contribution in [1.29, 1.82) is 0 Å². The lowest BCUT2D eigenvalue weighted by molar-refractivity contribution is -0.116. The van der Waals surface area contributed by atoms with Gasteiger partial charge in [-0.05, 0) is 54.4 Å². The monoisotopic (exact) mass is 411 g/mol. The molecule has 0 unspecified atom stereocenters. The number of nitrogens with one attached hydrogen (secondary N) is 2. The van der Waals surface area contributed by atoms with Gasteiger partial charge in [-0.25, -0.2) is 9.37 Å². The van der Waals surface area contributed by atoms with Gasteiger partial charge in [0.2, 0.25) is 5.91 Å². The van der Waals surface area contributed by atoms with Crippen LogP contribution in [0.15, 0.2) is 47.8 Å². The van der Waals surface area contributed by atoms with Crippen molar-refractivity contribution in [1.82, 2.24) is 10.3 Å². The average molecular weight is 411 g/mol. The zero-order chi connectivity index (χ0) is 20.2. The maximum atomic E-state index is 13.0. The number of hydrogen-bond donors (Lipinski definition) is 2. The Balaban J connectivity index is 1.27. The number of nitrogens with zero attached hydrogens (tertiary/aromatic N) is 1. The Kier molecular flexibility index (Phi) is 5.53. The molecular weight excluding hydrogens is 393 g/mol. The molecule has 2 amide bonds. The predicted molar refractivity (Wildman–Crippen MR) is 109 cm³/mol. The Hall–Kier alpha value is -3.26. The molecule has 0 saturated carbocycles. The van der Waals surface area contributed by atoms with Crippen LogP contribution in [0.2, 0.25) is 0 Å². The Morgan fingerprint density at radius 1 is 1.21 bits per heavy atom. The van der Waals surface area contributed by atoms with Crippen molar-refractivity contribution in [3.63, 3.8) is 0 Å². The van der Waals surface area contributed by atoms with Crippen molar-refractivity contribution in [2.24, 2.45) is 0 Å². The normalized spacial score (nSPS) is 12.8. The van der Waals surface area contributed by atoms with Crippen LogP contribution < -0.4 is 15.4 Å². The zero-order valence-corrected chi connectivity index (χ0v) is 16.2. The molecule has 1 aliphatic heterocycles. The van der Waals surface area contributed by atoms with Crippen molar-refractivity contribution >= 4 is 28.8 Å². The number of rotatable bonds is 6. The van der Waals surface area contributed by atoms with Gasteiger partial charge in [0.1, 0.15) is 28.9 Å². The SMILES string of the molecule is O=C1CCc2cc(OCCNC(=O)c3csc(-c4ccc(F)cc4)n3)ccc2N1. The van der Waals surface area contributed by atoms with E-state index in [9.17, 15) is 14.0 Å². The predicted octanol–water partition coefficient (Wildman–Crippen LogP) is 3.64. The van der Waals surface area contributed by atoms with Crippen LogP contribution in [0.25, 0.3) is 10.6 Å². The molecule has 1 aliphatic rings. The van der Waals surface area contributed by atoms with Gasteiger partial charge in [0.15, 0.2) is 0 Å². The van der Waals surface area contributed by atoms with E-state index in [0.29, 0.717) is 42.4 Å². The molecule has 2 heterocycles. The highest BCUT2D eigenvalue weighted by atomic mass is 32.1. The molecule has 0 bridgehead atoms. The van der Waals surface area contributed by atoms with Crippen LogP contribution in [0, 0.1) is 5.82 Å². The molecule has 8 heteroatoms. The van der Waals surface area contributed by atoms with Crippen LogP contribution in [0.5, 0.6) is 5.75 Å². The van der Waals surface area contributed by atoms with Crippen LogP contribution in [-0.2, 0) is 11.2 Å². The first-order valence-electron chi connectivity index (χ1n) is 9.14. The number of anilines is 1. The third-order valence-corrected chi connectivity index (χ3v) is 5.35. The highest BCUT2D eigenvalue weighted by Crippen LogP contribution is 2.27. The minimum Gasteiger partial charge on any atom is -0.492 e. The Labute approximate surface area is 170 Å². The third-order valence-electron chi connectivity index (χ3n) is 4.46. The molecular formula is C21H18FN3O3S. The lowest BCUT2D eigenvalue weighted by atomic mass is 10.0. The van der Waals surface area contributed by atoms with Crippen molar-refractivity contribution in [2.75, 3.05) is 18.5 Å². The molecule has 0 spiro atoms. The van der Waals surface area contributed by atoms with Gasteiger partial charge < -0.3 is 15.4 Å². The number of halogens is 1. The smallest absolute Gasteiger partial charge is 0.270 e. The van der Waals surface area contributed by atoms with E-state index in [1.165, 1.54) is 23.5 Å². The molecule has 1 aromatic heterocycles. The van der Waals surface area contributed by atoms with Crippen LogP contribution in [-0.4, -0.2) is 29.9 Å². The number of hydrogen-bond acceptors (Lipinski definition) is 5. The Bertz CT molecular complexity index is 1050. The summed E-state index contributed by atoms with van der Waals surface area (Å²) >= 11 is 1.33. The summed E-state index contributed by atoms with van der Waals surface area (Å²) in [7, 11) is 0. The van der Waals surface area contributed by atoms with Crippen molar-refractivity contribution in [3.8, 4) is 16.3 Å². The molecule has 0 aliphatic carbocycles. The van der Waals surface area contributed by atoms with Gasteiger partial charge in [0, 0.05) is 23.1 Å². The number of ether oxygens (including phenoxy) is 1. The van der Waals surface area contributed by atoms with Crippen LogP contribution >= 0.6 is 11.3 Å². The first-order valence-corrected chi connectivity index (χ1v) is 10.0. The van der Waals surface area contributed by atoms with E-state index in [-0.39, 0.29) is 17.6 Å². The Morgan fingerprint density at radius 3 is 2.86 bits per heavy atom. The van der Waals surface area contributed by atoms with Gasteiger partial charge >= 0.3 is 0 Å². The van der Waals surface area contributed by atoms with Gasteiger partial charge in [-0.2, -0.15) is 0 Å². The van der Waals surface area contributed by atoms with Crippen LogP contribution in [0.4, 0.5) is 10.1 Å². The highest BCUT2D eigenvalue weighted by Gasteiger charge is 2.15. The van der Waals surface area contributed by atoms with E-state index in [2.05, 4.69) is 15.6 Å². The summed E-state index contributed by atoms with van der Waals surface area (Å²) in [5.74, 6) is 0.123. The first kappa shape index (κ1) is 19.1. The van der Waals surface area contributed by atoms with E-state index in [1.54, 1.807) is 23.6 Å². The van der Waals surface area contributed by atoms with E-state index in [0.717, 1.165) is 16.8 Å². The number of aromatic nitrogens is 1. The van der Waals surface area contributed by atoms with Crippen LogP contribution in [0.3, 0.4) is 0 Å². The number of carbonyl (C=O) groups excluding carboxylic acids is 2. The molecule has 4 rings (SSSR count). The summed E-state index contributed by atoms with van der Waals surface area (Å²) in [4.78, 5) is 28.0. The van der Waals surface area contributed by atoms with Crippen LogP contribution in [0.1, 0.15) is 22.5 Å². The third kappa shape index (κ3) is 4.60. The molecule has 148 valence electrons. The lowest BCUT2D eigenvalue weighted by Crippen LogP contribution is -2.28. The molecule has 0 radical (unpaired) electrons. The molecule has 2 N–H and O–H groups in total. The van der Waals surface area contributed by atoms with E-state index in [1.807, 2.05) is 12.1 Å². The van der Waals surface area contributed by atoms with Gasteiger partial charge in [-0.3, -0.25) is 9.59 Å². The number of benzene rings is 2. The fourth-order valence-corrected chi connectivity index (χ4v) is 3.78. The summed E-state index contributed by atoms with van der Waals surface area (Å²) < 4.78 is 18.7. The Morgan fingerprint density at radius 2 is 2.03 bits per heavy atom. The summed E-state index contributed by atoms with van der Waals surface area (Å²) in [5, 5.41) is 7.94. The van der Waals surface area contributed by atoms with Gasteiger partial charge in [-0.15, -0.1) is 11.3 Å². The number of thiazole rings is 1. The molecule has 0 fully saturated rings. The highest BCUT2D eigenvalue weighted by molar-refractivity contribution is 7.13. The minimum absolute atomic E-state index is 0.0264. The van der Waals surface area contributed by atoms with Crippen molar-refractivity contribution in [2.45, 2.75) is 12.8 Å². The first-order chi connectivity index (χ1) is 14.1. The number of fused-ring (bicyclic) bond motifs is 1. The summed E-state index contributed by atoms with van der Waals surface area (Å²) in [6.07, 6.45) is 1.16. The molecule has 29 heavy (non-hydrogen) atoms. The summed E-state index contributed by atoms with van der Waals surface area (Å²) in [6.45, 7) is 0.641. The second-order valence-corrected chi connectivity index (χ2v) is 7.37. The molecule has 0 atom stereocenters. The van der Waals surface area contributed by atoms with E-state index >= 15 is 0 Å². The average Bonchev–Trinajstić information content (AvgIpc) is 3.22. The van der Waals surface area contributed by atoms with Crippen molar-refractivity contribution < 1.29 is 18.7 Å². The number of carbonyl (C=O) groups is 2. The lowest BCUT2D eigenvalue weighted by Gasteiger charge is -2.17. The summed E-state index contributed by atoms with van der Waals surface area (Å²) in [6, 6.07) is 11.5. The zero-order valence-electron chi connectivity index (χ0n) is 15.4. The standard InChI is InChI=1S/C21H18FN3O3S/c22-15-4-1-13(2-5-15)21-25-18(12-29-21)20(27)23-9-10-28-16-6-7-17-14(11-16)3-8-19(26)24-17/h1-2,4-7,11-12H,3,8-10H2,(H,23,27)(H,24,26). The van der Waals surface area contributed by atoms with E-state index in [4.69, 9.17) is 4.74 Å². The maximum absolute atomic E-state index is 13.0. The summed E-state index contributed by atoms with van der Waals surface area (Å²) in [5.41, 5.74) is 2.95. The van der Waals surface area contributed by atoms with Gasteiger partial charge in [0.05, 0.1) is 6.54 Å². The number of amides is 2. The fraction of sp³-hybridized carbons (Fsp3) is 0.190. The largest absolute Gasteiger partial charge is 0.492 e. The topological polar surface area (TPSA) is 80.3 Å². The quantitative estimate of drug-likeness (QED) is 0.607. The van der Waals surface area contributed by atoms with E-state index < -0.39 is 0 Å².